The first kappa shape index (κ1) is 11.5. The van der Waals surface area contributed by atoms with Crippen molar-refractivity contribution in [3.8, 4) is 0 Å². The molecule has 1 aliphatic rings. The first-order valence-corrected chi connectivity index (χ1v) is 7.26. The smallest absolute Gasteiger partial charge is 0.193 e. The highest BCUT2D eigenvalue weighted by Crippen LogP contribution is 2.32. The first-order valence-electron chi connectivity index (χ1n) is 5.94. The molecule has 0 saturated heterocycles. The normalized spacial score (nSPS) is 24.4. The molecule has 0 bridgehead atoms. The Bertz CT molecular complexity index is 472. The van der Waals surface area contributed by atoms with Gasteiger partial charge in [0.1, 0.15) is 0 Å². The molecule has 0 aromatic carbocycles. The SMILES string of the molecule is CN(Cc1cn2ccsc2n1)CC1CC(Cl)C1. The van der Waals surface area contributed by atoms with E-state index in [-0.39, 0.29) is 0 Å². The van der Waals surface area contributed by atoms with Gasteiger partial charge in [0.25, 0.3) is 0 Å². The Labute approximate surface area is 110 Å². The highest BCUT2D eigenvalue weighted by Gasteiger charge is 2.27. The number of nitrogens with zero attached hydrogens (tertiary/aromatic N) is 3. The molecule has 17 heavy (non-hydrogen) atoms. The summed E-state index contributed by atoms with van der Waals surface area (Å²) < 4.78 is 2.09. The van der Waals surface area contributed by atoms with E-state index in [0.29, 0.717) is 5.38 Å². The fourth-order valence-corrected chi connectivity index (χ4v) is 3.66. The maximum absolute atomic E-state index is 5.99. The van der Waals surface area contributed by atoms with E-state index >= 15 is 0 Å². The van der Waals surface area contributed by atoms with Crippen LogP contribution in [0.15, 0.2) is 17.8 Å². The van der Waals surface area contributed by atoms with Crippen LogP contribution in [-0.2, 0) is 6.54 Å². The number of hydrogen-bond acceptors (Lipinski definition) is 3. The number of imidazole rings is 1. The third-order valence-electron chi connectivity index (χ3n) is 3.32. The molecule has 0 atom stereocenters. The molecule has 0 radical (unpaired) electrons. The van der Waals surface area contributed by atoms with Gasteiger partial charge in [-0.3, -0.25) is 4.40 Å². The molecule has 0 unspecified atom stereocenters. The third kappa shape index (κ3) is 2.49. The Morgan fingerprint density at radius 3 is 3.12 bits per heavy atom. The topological polar surface area (TPSA) is 20.5 Å². The predicted molar refractivity (Wildman–Crippen MR) is 71.8 cm³/mol. The highest BCUT2D eigenvalue weighted by atomic mass is 35.5. The molecule has 3 rings (SSSR count). The van der Waals surface area contributed by atoms with Gasteiger partial charge in [0.2, 0.25) is 0 Å². The van der Waals surface area contributed by atoms with E-state index in [4.69, 9.17) is 11.6 Å². The Balaban J connectivity index is 1.57. The van der Waals surface area contributed by atoms with Crippen molar-refractivity contribution in [2.24, 2.45) is 5.92 Å². The average molecular weight is 270 g/mol. The van der Waals surface area contributed by atoms with Gasteiger partial charge < -0.3 is 4.90 Å². The van der Waals surface area contributed by atoms with E-state index in [1.54, 1.807) is 11.3 Å². The van der Waals surface area contributed by atoms with Gasteiger partial charge in [-0.2, -0.15) is 0 Å². The fourth-order valence-electron chi connectivity index (χ4n) is 2.44. The Morgan fingerprint density at radius 2 is 2.41 bits per heavy atom. The molecule has 0 amide bonds. The summed E-state index contributed by atoms with van der Waals surface area (Å²) in [4.78, 5) is 8.02. The zero-order valence-corrected chi connectivity index (χ0v) is 11.4. The summed E-state index contributed by atoms with van der Waals surface area (Å²) in [7, 11) is 2.16. The molecule has 2 heterocycles. The van der Waals surface area contributed by atoms with Crippen LogP contribution in [0.1, 0.15) is 18.5 Å². The second kappa shape index (κ2) is 4.59. The fraction of sp³-hybridized carbons (Fsp3) is 0.583. The van der Waals surface area contributed by atoms with Crippen LogP contribution in [-0.4, -0.2) is 33.3 Å². The van der Waals surface area contributed by atoms with E-state index in [1.165, 1.54) is 12.8 Å². The van der Waals surface area contributed by atoms with Crippen molar-refractivity contribution >= 4 is 27.9 Å². The van der Waals surface area contributed by atoms with E-state index in [2.05, 4.69) is 39.1 Å². The molecular formula is C12H16ClN3S. The Hall–Kier alpha value is -0.580. The average Bonchev–Trinajstić information content (AvgIpc) is 2.75. The van der Waals surface area contributed by atoms with Crippen molar-refractivity contribution in [3.63, 3.8) is 0 Å². The van der Waals surface area contributed by atoms with Gasteiger partial charge in [-0.05, 0) is 25.8 Å². The number of hydrogen-bond donors (Lipinski definition) is 0. The van der Waals surface area contributed by atoms with Crippen LogP contribution in [0, 0.1) is 5.92 Å². The Morgan fingerprint density at radius 1 is 1.59 bits per heavy atom. The van der Waals surface area contributed by atoms with Crippen LogP contribution in [0.2, 0.25) is 0 Å². The molecule has 92 valence electrons. The molecule has 2 aromatic heterocycles. The van der Waals surface area contributed by atoms with Crippen molar-refractivity contribution in [2.45, 2.75) is 24.8 Å². The monoisotopic (exact) mass is 269 g/mol. The largest absolute Gasteiger partial charge is 0.300 e. The molecule has 5 heteroatoms. The maximum atomic E-state index is 5.99. The lowest BCUT2D eigenvalue weighted by Gasteiger charge is -2.33. The van der Waals surface area contributed by atoms with Crippen molar-refractivity contribution in [2.75, 3.05) is 13.6 Å². The van der Waals surface area contributed by atoms with Crippen LogP contribution in [0.5, 0.6) is 0 Å². The molecule has 0 spiro atoms. The molecular weight excluding hydrogens is 254 g/mol. The number of alkyl halides is 1. The molecule has 0 aliphatic heterocycles. The zero-order chi connectivity index (χ0) is 11.8. The van der Waals surface area contributed by atoms with Crippen LogP contribution in [0.3, 0.4) is 0 Å². The van der Waals surface area contributed by atoms with Gasteiger partial charge in [0, 0.05) is 36.2 Å². The molecule has 3 nitrogen and oxygen atoms in total. The van der Waals surface area contributed by atoms with Crippen LogP contribution in [0.25, 0.3) is 4.96 Å². The summed E-state index contributed by atoms with van der Waals surface area (Å²) in [6.07, 6.45) is 6.52. The standard InChI is InChI=1S/C12H16ClN3S/c1-15(6-9-4-10(13)5-9)7-11-8-16-2-3-17-12(16)14-11/h2-3,8-10H,4-7H2,1H3. The summed E-state index contributed by atoms with van der Waals surface area (Å²) in [5, 5.41) is 2.48. The van der Waals surface area contributed by atoms with E-state index in [9.17, 15) is 0 Å². The van der Waals surface area contributed by atoms with E-state index in [0.717, 1.165) is 29.7 Å². The lowest BCUT2D eigenvalue weighted by atomic mass is 9.84. The zero-order valence-electron chi connectivity index (χ0n) is 9.84. The van der Waals surface area contributed by atoms with Gasteiger partial charge in [-0.25, -0.2) is 4.98 Å². The van der Waals surface area contributed by atoms with Crippen LogP contribution < -0.4 is 0 Å². The quantitative estimate of drug-likeness (QED) is 0.796. The molecule has 1 saturated carbocycles. The lowest BCUT2D eigenvalue weighted by Crippen LogP contribution is -2.34. The number of thiazole rings is 1. The Kier molecular flexibility index (Phi) is 3.11. The van der Waals surface area contributed by atoms with Gasteiger partial charge in [-0.1, -0.05) is 0 Å². The number of fused-ring (bicyclic) bond motifs is 1. The van der Waals surface area contributed by atoms with E-state index < -0.39 is 0 Å². The minimum Gasteiger partial charge on any atom is -0.300 e. The van der Waals surface area contributed by atoms with Crippen molar-refractivity contribution in [1.82, 2.24) is 14.3 Å². The molecule has 1 aliphatic carbocycles. The van der Waals surface area contributed by atoms with Crippen molar-refractivity contribution in [3.05, 3.63) is 23.5 Å². The summed E-state index contributed by atoms with van der Waals surface area (Å²) in [5.74, 6) is 0.784. The summed E-state index contributed by atoms with van der Waals surface area (Å²) in [6, 6.07) is 0. The molecule has 1 fully saturated rings. The number of halogens is 1. The van der Waals surface area contributed by atoms with Crippen LogP contribution in [0.4, 0.5) is 0 Å². The predicted octanol–water partition coefficient (Wildman–Crippen LogP) is 2.85. The number of rotatable bonds is 4. The summed E-state index contributed by atoms with van der Waals surface area (Å²) in [5.41, 5.74) is 1.15. The van der Waals surface area contributed by atoms with Gasteiger partial charge in [0.15, 0.2) is 4.96 Å². The lowest BCUT2D eigenvalue weighted by molar-refractivity contribution is 0.203. The van der Waals surface area contributed by atoms with Crippen molar-refractivity contribution < 1.29 is 0 Å². The second-order valence-corrected chi connectivity index (χ2v) is 6.45. The highest BCUT2D eigenvalue weighted by molar-refractivity contribution is 7.15. The van der Waals surface area contributed by atoms with Gasteiger partial charge in [0.05, 0.1) is 5.69 Å². The number of aromatic nitrogens is 2. The van der Waals surface area contributed by atoms with Gasteiger partial charge >= 0.3 is 0 Å². The first-order chi connectivity index (χ1) is 8.20. The molecule has 2 aromatic rings. The second-order valence-electron chi connectivity index (χ2n) is 4.96. The van der Waals surface area contributed by atoms with Crippen LogP contribution >= 0.6 is 22.9 Å². The maximum Gasteiger partial charge on any atom is 0.193 e. The molecule has 0 N–H and O–H groups in total. The van der Waals surface area contributed by atoms with Gasteiger partial charge in [-0.15, -0.1) is 22.9 Å². The summed E-state index contributed by atoms with van der Waals surface area (Å²) >= 11 is 7.67. The minimum atomic E-state index is 0.423. The summed E-state index contributed by atoms with van der Waals surface area (Å²) in [6.45, 7) is 2.06. The van der Waals surface area contributed by atoms with Crippen molar-refractivity contribution in [1.29, 1.82) is 0 Å². The van der Waals surface area contributed by atoms with E-state index in [1.807, 2.05) is 0 Å². The third-order valence-corrected chi connectivity index (χ3v) is 4.45. The minimum absolute atomic E-state index is 0.423.